The van der Waals surface area contributed by atoms with Crippen molar-refractivity contribution in [3.63, 3.8) is 0 Å². The predicted molar refractivity (Wildman–Crippen MR) is 70.0 cm³/mol. The lowest BCUT2D eigenvalue weighted by Crippen LogP contribution is -2.47. The fourth-order valence-electron chi connectivity index (χ4n) is 2.43. The number of hydrogen-bond donors (Lipinski definition) is 3. The molecule has 0 radical (unpaired) electrons. The number of nitrogens with two attached hydrogens (primary N) is 1. The van der Waals surface area contributed by atoms with E-state index < -0.39 is 11.5 Å². The van der Waals surface area contributed by atoms with E-state index in [1.54, 1.807) is 36.5 Å². The van der Waals surface area contributed by atoms with Crippen LogP contribution in [0.3, 0.4) is 0 Å². The molecule has 0 aliphatic heterocycles. The van der Waals surface area contributed by atoms with Crippen LogP contribution in [0.15, 0.2) is 36.5 Å². The van der Waals surface area contributed by atoms with Crippen LogP contribution in [0.4, 0.5) is 0 Å². The van der Waals surface area contributed by atoms with Crippen LogP contribution >= 0.6 is 11.6 Å². The Morgan fingerprint density at radius 1 is 1.37 bits per heavy atom. The SMILES string of the molecule is NNC(=O)C1(O)c2cc(Cl)ccc2-c2ncccc21. The Labute approximate surface area is 114 Å². The van der Waals surface area contributed by atoms with Gasteiger partial charge >= 0.3 is 0 Å². The number of hydrazine groups is 1. The molecule has 5 nitrogen and oxygen atoms in total. The van der Waals surface area contributed by atoms with Gasteiger partial charge in [-0.15, -0.1) is 0 Å². The summed E-state index contributed by atoms with van der Waals surface area (Å²) < 4.78 is 0. The summed E-state index contributed by atoms with van der Waals surface area (Å²) >= 11 is 5.95. The molecule has 6 heteroatoms. The van der Waals surface area contributed by atoms with Crippen LogP contribution in [0.2, 0.25) is 5.02 Å². The highest BCUT2D eigenvalue weighted by Crippen LogP contribution is 2.47. The molecular weight excluding hydrogens is 266 g/mol. The van der Waals surface area contributed by atoms with Gasteiger partial charge in [0.15, 0.2) is 5.60 Å². The van der Waals surface area contributed by atoms with E-state index in [2.05, 4.69) is 4.98 Å². The maximum atomic E-state index is 12.0. The van der Waals surface area contributed by atoms with E-state index in [0.29, 0.717) is 27.4 Å². The summed E-state index contributed by atoms with van der Waals surface area (Å²) in [7, 11) is 0. The van der Waals surface area contributed by atoms with E-state index in [0.717, 1.165) is 0 Å². The molecule has 1 amide bonds. The Morgan fingerprint density at radius 3 is 2.89 bits per heavy atom. The van der Waals surface area contributed by atoms with Crippen LogP contribution in [0.1, 0.15) is 11.1 Å². The molecule has 1 aliphatic carbocycles. The van der Waals surface area contributed by atoms with Gasteiger partial charge in [0.2, 0.25) is 0 Å². The molecule has 4 N–H and O–H groups in total. The summed E-state index contributed by atoms with van der Waals surface area (Å²) in [4.78, 5) is 16.2. The van der Waals surface area contributed by atoms with Gasteiger partial charge < -0.3 is 5.11 Å². The molecule has 2 aromatic rings. The van der Waals surface area contributed by atoms with Gasteiger partial charge in [0.05, 0.1) is 5.69 Å². The summed E-state index contributed by atoms with van der Waals surface area (Å²) in [6.45, 7) is 0. The first-order valence-electron chi connectivity index (χ1n) is 5.58. The van der Waals surface area contributed by atoms with Crippen LogP contribution in [-0.4, -0.2) is 16.0 Å². The molecule has 3 rings (SSSR count). The molecule has 0 saturated heterocycles. The molecule has 19 heavy (non-hydrogen) atoms. The second kappa shape index (κ2) is 4.03. The minimum Gasteiger partial charge on any atom is -0.372 e. The molecule has 0 saturated carbocycles. The highest BCUT2D eigenvalue weighted by atomic mass is 35.5. The number of aliphatic hydroxyl groups is 1. The first kappa shape index (κ1) is 12.1. The number of carbonyl (C=O) groups excluding carboxylic acids is 1. The Balaban J connectivity index is 2.38. The smallest absolute Gasteiger partial charge is 0.275 e. The number of nitrogens with one attached hydrogen (secondary N) is 1. The molecule has 0 bridgehead atoms. The Bertz CT molecular complexity index is 689. The van der Waals surface area contributed by atoms with Crippen molar-refractivity contribution in [3.05, 3.63) is 52.7 Å². The number of aromatic nitrogens is 1. The quantitative estimate of drug-likeness (QED) is 0.411. The summed E-state index contributed by atoms with van der Waals surface area (Å²) in [6.07, 6.45) is 1.60. The minimum absolute atomic E-state index is 0.386. The van der Waals surface area contributed by atoms with E-state index in [1.807, 2.05) is 5.43 Å². The third kappa shape index (κ3) is 1.49. The number of halogens is 1. The van der Waals surface area contributed by atoms with Gasteiger partial charge in [-0.05, 0) is 18.2 Å². The van der Waals surface area contributed by atoms with Gasteiger partial charge in [-0.1, -0.05) is 23.7 Å². The van der Waals surface area contributed by atoms with Crippen LogP contribution in [0.5, 0.6) is 0 Å². The van der Waals surface area contributed by atoms with Crippen molar-refractivity contribution < 1.29 is 9.90 Å². The maximum absolute atomic E-state index is 12.0. The van der Waals surface area contributed by atoms with Gasteiger partial charge in [-0.3, -0.25) is 15.2 Å². The number of pyridine rings is 1. The zero-order valence-electron chi connectivity index (χ0n) is 9.72. The first-order valence-corrected chi connectivity index (χ1v) is 5.96. The Morgan fingerprint density at radius 2 is 2.16 bits per heavy atom. The van der Waals surface area contributed by atoms with Crippen molar-refractivity contribution in [1.29, 1.82) is 0 Å². The molecule has 1 heterocycles. The van der Waals surface area contributed by atoms with E-state index >= 15 is 0 Å². The fraction of sp³-hybridized carbons (Fsp3) is 0.0769. The molecule has 0 spiro atoms. The summed E-state index contributed by atoms with van der Waals surface area (Å²) in [5.74, 6) is 4.46. The highest BCUT2D eigenvalue weighted by Gasteiger charge is 2.48. The number of amides is 1. The second-order valence-corrected chi connectivity index (χ2v) is 4.71. The van der Waals surface area contributed by atoms with Crippen LogP contribution in [0, 0.1) is 0 Å². The average Bonchev–Trinajstić information content (AvgIpc) is 2.69. The zero-order chi connectivity index (χ0) is 13.6. The van der Waals surface area contributed by atoms with Crippen molar-refractivity contribution >= 4 is 17.5 Å². The monoisotopic (exact) mass is 275 g/mol. The van der Waals surface area contributed by atoms with Gasteiger partial charge in [0.25, 0.3) is 5.91 Å². The maximum Gasteiger partial charge on any atom is 0.275 e. The first-order chi connectivity index (χ1) is 9.09. The summed E-state index contributed by atoms with van der Waals surface area (Å²) in [6, 6.07) is 8.26. The third-order valence-corrected chi connectivity index (χ3v) is 3.52. The van der Waals surface area contributed by atoms with Crippen molar-refractivity contribution in [1.82, 2.24) is 10.4 Å². The lowest BCUT2D eigenvalue weighted by molar-refractivity contribution is -0.136. The number of carbonyl (C=O) groups is 1. The lowest BCUT2D eigenvalue weighted by Gasteiger charge is -2.22. The zero-order valence-corrected chi connectivity index (χ0v) is 10.5. The van der Waals surface area contributed by atoms with Gasteiger partial charge in [0, 0.05) is 27.9 Å². The van der Waals surface area contributed by atoms with Gasteiger partial charge in [0.1, 0.15) is 0 Å². The number of hydrogen-bond acceptors (Lipinski definition) is 4. The molecule has 1 aliphatic rings. The Kier molecular flexibility index (Phi) is 2.56. The van der Waals surface area contributed by atoms with Crippen molar-refractivity contribution in [3.8, 4) is 11.3 Å². The van der Waals surface area contributed by atoms with E-state index in [4.69, 9.17) is 17.4 Å². The largest absolute Gasteiger partial charge is 0.372 e. The third-order valence-electron chi connectivity index (χ3n) is 3.28. The minimum atomic E-state index is -1.86. The van der Waals surface area contributed by atoms with E-state index in [-0.39, 0.29) is 0 Å². The van der Waals surface area contributed by atoms with E-state index in [9.17, 15) is 9.90 Å². The molecular formula is C13H10ClN3O2. The van der Waals surface area contributed by atoms with Crippen molar-refractivity contribution in [2.75, 3.05) is 0 Å². The molecule has 1 aromatic heterocycles. The standard InChI is InChI=1S/C13H10ClN3O2/c14-7-3-4-8-10(6-7)13(19,12(18)17-15)9-2-1-5-16-11(8)9/h1-6,19H,15H2,(H,17,18). The predicted octanol–water partition coefficient (Wildman–Crippen LogP) is 0.941. The molecule has 96 valence electrons. The normalized spacial score (nSPS) is 19.7. The van der Waals surface area contributed by atoms with Crippen molar-refractivity contribution in [2.45, 2.75) is 5.60 Å². The van der Waals surface area contributed by atoms with Crippen LogP contribution in [0.25, 0.3) is 11.3 Å². The number of benzene rings is 1. The van der Waals surface area contributed by atoms with Gasteiger partial charge in [-0.25, -0.2) is 5.84 Å². The molecule has 1 unspecified atom stereocenters. The summed E-state index contributed by atoms with van der Waals surface area (Å²) in [5.41, 5.74) is 2.14. The fourth-order valence-corrected chi connectivity index (χ4v) is 2.60. The summed E-state index contributed by atoms with van der Waals surface area (Å²) in [5, 5.41) is 11.2. The van der Waals surface area contributed by atoms with Crippen LogP contribution in [-0.2, 0) is 10.4 Å². The number of fused-ring (bicyclic) bond motifs is 3. The highest BCUT2D eigenvalue weighted by molar-refractivity contribution is 6.30. The Hall–Kier alpha value is -1.95. The lowest BCUT2D eigenvalue weighted by atomic mass is 9.91. The topological polar surface area (TPSA) is 88.2 Å². The van der Waals surface area contributed by atoms with E-state index in [1.165, 1.54) is 0 Å². The van der Waals surface area contributed by atoms with Crippen LogP contribution < -0.4 is 11.3 Å². The average molecular weight is 276 g/mol. The molecule has 1 aromatic carbocycles. The number of nitrogens with zero attached hydrogens (tertiary/aromatic N) is 1. The number of rotatable bonds is 1. The second-order valence-electron chi connectivity index (χ2n) is 4.27. The van der Waals surface area contributed by atoms with Gasteiger partial charge in [-0.2, -0.15) is 0 Å². The molecule has 1 atom stereocenters. The molecule has 0 fully saturated rings. The van der Waals surface area contributed by atoms with Crippen molar-refractivity contribution in [2.24, 2.45) is 5.84 Å².